The molecule has 0 aliphatic carbocycles. The van der Waals surface area contributed by atoms with Gasteiger partial charge in [0.25, 0.3) is 0 Å². The van der Waals surface area contributed by atoms with Crippen molar-refractivity contribution in [2.75, 3.05) is 18.6 Å². The van der Waals surface area contributed by atoms with Crippen LogP contribution in [0.5, 0.6) is 11.5 Å². The third-order valence-electron chi connectivity index (χ3n) is 5.33. The number of hydrogen-bond acceptors (Lipinski definition) is 5. The maximum atomic E-state index is 13.1. The molecule has 2 aromatic rings. The van der Waals surface area contributed by atoms with Crippen molar-refractivity contribution >= 4 is 40.6 Å². The van der Waals surface area contributed by atoms with E-state index < -0.39 is 17.7 Å². The second-order valence-corrected chi connectivity index (χ2v) is 7.85. The van der Waals surface area contributed by atoms with E-state index in [9.17, 15) is 4.79 Å². The van der Waals surface area contributed by atoms with Crippen molar-refractivity contribution in [1.82, 2.24) is 5.32 Å². The van der Waals surface area contributed by atoms with Crippen LogP contribution in [0, 0.1) is 5.92 Å². The number of halogens is 1. The topological polar surface area (TPSA) is 60.0 Å². The SMILES string of the molecule is CCOC(=O)[C@H]1[C@H]2NC(=S)N(c3ccc(Cl)cc3)[C@@]1(C)Oc1ccc(OC)cc12. The van der Waals surface area contributed by atoms with Crippen LogP contribution in [0.4, 0.5) is 5.69 Å². The molecule has 2 aliphatic rings. The highest BCUT2D eigenvalue weighted by Crippen LogP contribution is 2.50. The molecule has 2 aromatic carbocycles. The fraction of sp³-hybridized carbons (Fsp3) is 0.333. The van der Waals surface area contributed by atoms with E-state index >= 15 is 0 Å². The van der Waals surface area contributed by atoms with E-state index in [2.05, 4.69) is 5.32 Å². The van der Waals surface area contributed by atoms with Crippen molar-refractivity contribution < 1.29 is 19.0 Å². The van der Waals surface area contributed by atoms with Crippen LogP contribution in [-0.4, -0.2) is 30.5 Å². The Morgan fingerprint density at radius 2 is 2.03 bits per heavy atom. The minimum atomic E-state index is -1.09. The third-order valence-corrected chi connectivity index (χ3v) is 5.88. The molecule has 6 nitrogen and oxygen atoms in total. The molecule has 0 unspecified atom stereocenters. The highest BCUT2D eigenvalue weighted by Gasteiger charge is 2.59. The van der Waals surface area contributed by atoms with Crippen LogP contribution < -0.4 is 19.7 Å². The Balaban J connectivity index is 1.88. The quantitative estimate of drug-likeness (QED) is 0.577. The molecule has 0 radical (unpaired) electrons. The smallest absolute Gasteiger partial charge is 0.317 e. The Kier molecular flexibility index (Phi) is 5.04. The van der Waals surface area contributed by atoms with Crippen LogP contribution in [0.25, 0.3) is 0 Å². The lowest BCUT2D eigenvalue weighted by molar-refractivity contribution is -0.159. The molecule has 0 saturated carbocycles. The van der Waals surface area contributed by atoms with Gasteiger partial charge >= 0.3 is 5.97 Å². The van der Waals surface area contributed by atoms with Gasteiger partial charge in [0.15, 0.2) is 5.11 Å². The van der Waals surface area contributed by atoms with Crippen LogP contribution in [-0.2, 0) is 9.53 Å². The number of carbonyl (C=O) groups is 1. The highest BCUT2D eigenvalue weighted by molar-refractivity contribution is 7.80. The number of rotatable bonds is 4. The van der Waals surface area contributed by atoms with Crippen molar-refractivity contribution in [3.8, 4) is 11.5 Å². The number of nitrogens with one attached hydrogen (secondary N) is 1. The van der Waals surface area contributed by atoms with E-state index in [0.717, 1.165) is 11.3 Å². The van der Waals surface area contributed by atoms with E-state index in [1.165, 1.54) is 0 Å². The van der Waals surface area contributed by atoms with Crippen LogP contribution in [0.15, 0.2) is 42.5 Å². The number of esters is 1. The number of nitrogens with zero attached hydrogens (tertiary/aromatic N) is 1. The fourth-order valence-electron chi connectivity index (χ4n) is 4.06. The van der Waals surface area contributed by atoms with Gasteiger partial charge in [-0.25, -0.2) is 0 Å². The molecule has 3 atom stereocenters. The maximum absolute atomic E-state index is 13.1. The Labute approximate surface area is 179 Å². The lowest BCUT2D eigenvalue weighted by Crippen LogP contribution is -2.71. The van der Waals surface area contributed by atoms with E-state index in [1.54, 1.807) is 26.2 Å². The zero-order chi connectivity index (χ0) is 20.8. The van der Waals surface area contributed by atoms with Gasteiger partial charge < -0.3 is 19.5 Å². The van der Waals surface area contributed by atoms with Gasteiger partial charge in [0.05, 0.1) is 19.8 Å². The highest BCUT2D eigenvalue weighted by atomic mass is 35.5. The molecule has 2 heterocycles. The molecule has 4 rings (SSSR count). The first kappa shape index (κ1) is 19.8. The summed E-state index contributed by atoms with van der Waals surface area (Å²) in [6.07, 6.45) is 0. The standard InChI is InChI=1S/C21H21ClN2O4S/c1-4-27-19(25)17-18-15-11-14(26-3)9-10-16(15)28-21(17,2)24(20(29)23-18)13-7-5-12(22)6-8-13/h5-11,17-18H,4H2,1-3H3,(H,23,29)/t17-,18+,21+/m1/s1. The summed E-state index contributed by atoms with van der Waals surface area (Å²) in [5, 5.41) is 4.38. The zero-order valence-electron chi connectivity index (χ0n) is 16.3. The molecule has 0 amide bonds. The molecular weight excluding hydrogens is 412 g/mol. The number of hydrogen-bond donors (Lipinski definition) is 1. The minimum Gasteiger partial charge on any atom is -0.497 e. The van der Waals surface area contributed by atoms with Gasteiger partial charge in [-0.05, 0) is 68.5 Å². The first-order valence-corrected chi connectivity index (χ1v) is 10.1. The number of ether oxygens (including phenoxy) is 3. The summed E-state index contributed by atoms with van der Waals surface area (Å²) in [6.45, 7) is 3.91. The molecule has 2 aliphatic heterocycles. The number of anilines is 1. The first-order valence-electron chi connectivity index (χ1n) is 9.29. The minimum absolute atomic E-state index is 0.272. The van der Waals surface area contributed by atoms with Crippen molar-refractivity contribution in [3.05, 3.63) is 53.1 Å². The summed E-state index contributed by atoms with van der Waals surface area (Å²) in [5.74, 6) is 0.311. The number of fused-ring (bicyclic) bond motifs is 4. The van der Waals surface area contributed by atoms with Gasteiger partial charge in [0, 0.05) is 16.3 Å². The van der Waals surface area contributed by atoms with Crippen molar-refractivity contribution in [1.29, 1.82) is 0 Å². The molecule has 1 N–H and O–H groups in total. The van der Waals surface area contributed by atoms with Gasteiger partial charge in [0.1, 0.15) is 17.4 Å². The van der Waals surface area contributed by atoms with E-state index in [4.69, 9.17) is 38.0 Å². The van der Waals surface area contributed by atoms with Gasteiger partial charge in [-0.2, -0.15) is 0 Å². The Morgan fingerprint density at radius 1 is 1.31 bits per heavy atom. The van der Waals surface area contributed by atoms with E-state index in [1.807, 2.05) is 42.2 Å². The van der Waals surface area contributed by atoms with Gasteiger partial charge in [0.2, 0.25) is 5.72 Å². The Morgan fingerprint density at radius 3 is 2.69 bits per heavy atom. The summed E-state index contributed by atoms with van der Waals surface area (Å²) in [6, 6.07) is 12.4. The maximum Gasteiger partial charge on any atom is 0.317 e. The van der Waals surface area contributed by atoms with Crippen molar-refractivity contribution in [2.24, 2.45) is 5.92 Å². The Hall–Kier alpha value is -2.51. The first-order chi connectivity index (χ1) is 13.9. The van der Waals surface area contributed by atoms with Crippen LogP contribution in [0.1, 0.15) is 25.5 Å². The number of thiocarbonyl (C=S) groups is 1. The number of methoxy groups -OCH3 is 1. The molecule has 8 heteroatoms. The van der Waals surface area contributed by atoms with Crippen LogP contribution in [0.2, 0.25) is 5.02 Å². The monoisotopic (exact) mass is 432 g/mol. The van der Waals surface area contributed by atoms with Crippen molar-refractivity contribution in [2.45, 2.75) is 25.6 Å². The Bertz CT molecular complexity index is 968. The average molecular weight is 433 g/mol. The fourth-order valence-corrected chi connectivity index (χ4v) is 4.60. The van der Waals surface area contributed by atoms with Gasteiger partial charge in [-0.3, -0.25) is 9.69 Å². The third kappa shape index (κ3) is 3.18. The summed E-state index contributed by atoms with van der Waals surface area (Å²) in [5.41, 5.74) is 0.478. The molecule has 0 aromatic heterocycles. The van der Waals surface area contributed by atoms with Gasteiger partial charge in [-0.15, -0.1) is 0 Å². The number of benzene rings is 2. The number of carbonyl (C=O) groups excluding carboxylic acids is 1. The molecule has 0 spiro atoms. The zero-order valence-corrected chi connectivity index (χ0v) is 17.8. The molecule has 29 heavy (non-hydrogen) atoms. The summed E-state index contributed by atoms with van der Waals surface area (Å²) < 4.78 is 17.2. The van der Waals surface area contributed by atoms with E-state index in [-0.39, 0.29) is 12.6 Å². The lowest BCUT2D eigenvalue weighted by Gasteiger charge is -2.55. The molecular formula is C21H21ClN2O4S. The normalized spacial score (nSPS) is 24.8. The van der Waals surface area contributed by atoms with Crippen molar-refractivity contribution in [3.63, 3.8) is 0 Å². The second-order valence-electron chi connectivity index (χ2n) is 7.03. The molecule has 1 fully saturated rings. The largest absolute Gasteiger partial charge is 0.497 e. The van der Waals surface area contributed by atoms with Crippen LogP contribution in [0.3, 0.4) is 0 Å². The predicted molar refractivity (Wildman–Crippen MR) is 115 cm³/mol. The summed E-state index contributed by atoms with van der Waals surface area (Å²) in [7, 11) is 1.60. The lowest BCUT2D eigenvalue weighted by atomic mass is 9.79. The average Bonchev–Trinajstić information content (AvgIpc) is 2.68. The van der Waals surface area contributed by atoms with E-state index in [0.29, 0.717) is 21.6 Å². The van der Waals surface area contributed by atoms with Crippen LogP contribution >= 0.6 is 23.8 Å². The second kappa shape index (κ2) is 7.39. The molecule has 152 valence electrons. The van der Waals surface area contributed by atoms with Gasteiger partial charge in [-0.1, -0.05) is 11.6 Å². The predicted octanol–water partition coefficient (Wildman–Crippen LogP) is 4.07. The molecule has 2 bridgehead atoms. The summed E-state index contributed by atoms with van der Waals surface area (Å²) >= 11 is 11.7. The summed E-state index contributed by atoms with van der Waals surface area (Å²) in [4.78, 5) is 14.9. The molecule has 1 saturated heterocycles.